The molecule has 1 aromatic rings. The fraction of sp³-hybridized carbons (Fsp3) is 0.833. The molecule has 0 saturated heterocycles. The molecule has 0 unspecified atom stereocenters. The Morgan fingerprint density at radius 2 is 2.00 bits per heavy atom. The van der Waals surface area contributed by atoms with Gasteiger partial charge >= 0.3 is 0 Å². The average molecular weight is 222 g/mol. The number of nitrogens with two attached hydrogens (primary N) is 1. The topological polar surface area (TPSA) is 56.7 Å². The van der Waals surface area contributed by atoms with Gasteiger partial charge in [-0.1, -0.05) is 19.3 Å². The summed E-state index contributed by atoms with van der Waals surface area (Å²) in [6, 6.07) is 0.636. The summed E-state index contributed by atoms with van der Waals surface area (Å²) in [5.74, 6) is 2.20. The highest BCUT2D eigenvalue weighted by Gasteiger charge is 2.20. The summed E-state index contributed by atoms with van der Waals surface area (Å²) in [4.78, 5) is 0. The number of nitrogens with zero attached hydrogens (tertiary/aromatic N) is 3. The van der Waals surface area contributed by atoms with Gasteiger partial charge in [-0.25, -0.2) is 0 Å². The highest BCUT2D eigenvalue weighted by molar-refractivity contribution is 4.98. The monoisotopic (exact) mass is 222 g/mol. The Kier molecular flexibility index (Phi) is 3.93. The second-order valence-corrected chi connectivity index (χ2v) is 4.72. The molecule has 0 atom stereocenters. The Balaban J connectivity index is 2.13. The fourth-order valence-corrected chi connectivity index (χ4v) is 2.66. The minimum atomic E-state index is 0.636. The smallest absolute Gasteiger partial charge is 0.133 e. The van der Waals surface area contributed by atoms with Crippen molar-refractivity contribution in [3.8, 4) is 0 Å². The Labute approximate surface area is 97.2 Å². The van der Waals surface area contributed by atoms with Crippen molar-refractivity contribution in [1.82, 2.24) is 14.8 Å². The van der Waals surface area contributed by atoms with Gasteiger partial charge in [0.25, 0.3) is 0 Å². The zero-order valence-corrected chi connectivity index (χ0v) is 10.2. The SMILES string of the molecule is Cc1nnc(CCCN)n1C1CCCCC1. The van der Waals surface area contributed by atoms with Gasteiger partial charge < -0.3 is 10.3 Å². The van der Waals surface area contributed by atoms with Gasteiger partial charge in [0.1, 0.15) is 11.6 Å². The van der Waals surface area contributed by atoms with E-state index in [9.17, 15) is 0 Å². The van der Waals surface area contributed by atoms with Crippen molar-refractivity contribution in [2.75, 3.05) is 6.54 Å². The molecular weight excluding hydrogens is 200 g/mol. The predicted molar refractivity (Wildman–Crippen MR) is 64.3 cm³/mol. The molecule has 0 radical (unpaired) electrons. The van der Waals surface area contributed by atoms with Crippen molar-refractivity contribution in [2.45, 2.75) is 57.9 Å². The van der Waals surface area contributed by atoms with Crippen LogP contribution in [0.4, 0.5) is 0 Å². The second-order valence-electron chi connectivity index (χ2n) is 4.72. The standard InChI is InChI=1S/C12H22N4/c1-10-14-15-12(8-5-9-13)16(10)11-6-3-2-4-7-11/h11H,2-9,13H2,1H3. The maximum absolute atomic E-state index is 5.55. The maximum atomic E-state index is 5.55. The quantitative estimate of drug-likeness (QED) is 0.847. The van der Waals surface area contributed by atoms with Gasteiger partial charge in [0.15, 0.2) is 0 Å². The molecular formula is C12H22N4. The molecule has 0 bridgehead atoms. The van der Waals surface area contributed by atoms with Crippen LogP contribution in [0, 0.1) is 6.92 Å². The van der Waals surface area contributed by atoms with Crippen LogP contribution in [0.1, 0.15) is 56.2 Å². The number of aromatic nitrogens is 3. The first-order chi connectivity index (χ1) is 7.83. The lowest BCUT2D eigenvalue weighted by Gasteiger charge is -2.25. The van der Waals surface area contributed by atoms with Crippen molar-refractivity contribution in [3.05, 3.63) is 11.6 Å². The molecule has 0 aliphatic heterocycles. The summed E-state index contributed by atoms with van der Waals surface area (Å²) in [6.45, 7) is 2.80. The van der Waals surface area contributed by atoms with Crippen LogP contribution in [-0.4, -0.2) is 21.3 Å². The fourth-order valence-electron chi connectivity index (χ4n) is 2.66. The maximum Gasteiger partial charge on any atom is 0.133 e. The minimum absolute atomic E-state index is 0.636. The molecule has 4 heteroatoms. The lowest BCUT2D eigenvalue weighted by Crippen LogP contribution is -2.17. The van der Waals surface area contributed by atoms with Crippen LogP contribution in [-0.2, 0) is 6.42 Å². The summed E-state index contributed by atoms with van der Waals surface area (Å²) in [6.07, 6.45) is 8.62. The molecule has 0 aromatic carbocycles. The lowest BCUT2D eigenvalue weighted by atomic mass is 9.95. The van der Waals surface area contributed by atoms with E-state index in [0.29, 0.717) is 6.04 Å². The molecule has 1 saturated carbocycles. The number of rotatable bonds is 4. The minimum Gasteiger partial charge on any atom is -0.330 e. The van der Waals surface area contributed by atoms with E-state index in [1.807, 2.05) is 0 Å². The molecule has 2 rings (SSSR count). The lowest BCUT2D eigenvalue weighted by molar-refractivity contribution is 0.340. The van der Waals surface area contributed by atoms with E-state index in [1.165, 1.54) is 32.1 Å². The van der Waals surface area contributed by atoms with E-state index in [-0.39, 0.29) is 0 Å². The third kappa shape index (κ3) is 2.43. The zero-order valence-electron chi connectivity index (χ0n) is 10.2. The van der Waals surface area contributed by atoms with Gasteiger partial charge in [0.05, 0.1) is 0 Å². The van der Waals surface area contributed by atoms with Gasteiger partial charge in [-0.15, -0.1) is 10.2 Å². The summed E-state index contributed by atoms with van der Waals surface area (Å²) >= 11 is 0. The normalized spacial score (nSPS) is 17.9. The molecule has 2 N–H and O–H groups in total. The summed E-state index contributed by atoms with van der Waals surface area (Å²) in [5.41, 5.74) is 5.55. The largest absolute Gasteiger partial charge is 0.330 e. The summed E-state index contributed by atoms with van der Waals surface area (Å²) in [5, 5.41) is 8.50. The predicted octanol–water partition coefficient (Wildman–Crippen LogP) is 1.98. The van der Waals surface area contributed by atoms with Crippen molar-refractivity contribution in [2.24, 2.45) is 5.73 Å². The van der Waals surface area contributed by atoms with Gasteiger partial charge in [-0.3, -0.25) is 0 Å². The van der Waals surface area contributed by atoms with Crippen LogP contribution in [0.5, 0.6) is 0 Å². The van der Waals surface area contributed by atoms with Gasteiger partial charge in [0, 0.05) is 12.5 Å². The summed E-state index contributed by atoms with van der Waals surface area (Å²) < 4.78 is 2.36. The Hall–Kier alpha value is -0.900. The number of aryl methyl sites for hydroxylation is 2. The van der Waals surface area contributed by atoms with Crippen LogP contribution in [0.15, 0.2) is 0 Å². The Morgan fingerprint density at radius 3 is 2.69 bits per heavy atom. The van der Waals surface area contributed by atoms with E-state index in [4.69, 9.17) is 5.73 Å². The van der Waals surface area contributed by atoms with E-state index in [0.717, 1.165) is 31.0 Å². The molecule has 0 amide bonds. The molecule has 4 nitrogen and oxygen atoms in total. The van der Waals surface area contributed by atoms with Crippen LogP contribution < -0.4 is 5.73 Å². The molecule has 1 aliphatic rings. The molecule has 1 aliphatic carbocycles. The third-order valence-corrected chi connectivity index (χ3v) is 3.48. The van der Waals surface area contributed by atoms with Crippen molar-refractivity contribution >= 4 is 0 Å². The first-order valence-electron chi connectivity index (χ1n) is 6.43. The highest BCUT2D eigenvalue weighted by atomic mass is 15.3. The number of hydrogen-bond donors (Lipinski definition) is 1. The van der Waals surface area contributed by atoms with Crippen molar-refractivity contribution in [3.63, 3.8) is 0 Å². The van der Waals surface area contributed by atoms with Crippen LogP contribution >= 0.6 is 0 Å². The number of hydrogen-bond acceptors (Lipinski definition) is 3. The third-order valence-electron chi connectivity index (χ3n) is 3.48. The molecule has 0 spiro atoms. The van der Waals surface area contributed by atoms with Gasteiger partial charge in [-0.2, -0.15) is 0 Å². The van der Waals surface area contributed by atoms with Crippen LogP contribution in [0.2, 0.25) is 0 Å². The first kappa shape index (κ1) is 11.6. The second kappa shape index (κ2) is 5.43. The van der Waals surface area contributed by atoms with Gasteiger partial charge in [-0.05, 0) is 32.7 Å². The van der Waals surface area contributed by atoms with E-state index < -0.39 is 0 Å². The average Bonchev–Trinajstić information content (AvgIpc) is 2.69. The van der Waals surface area contributed by atoms with Crippen LogP contribution in [0.3, 0.4) is 0 Å². The molecule has 16 heavy (non-hydrogen) atoms. The highest BCUT2D eigenvalue weighted by Crippen LogP contribution is 2.29. The molecule has 1 heterocycles. The van der Waals surface area contributed by atoms with Crippen molar-refractivity contribution < 1.29 is 0 Å². The van der Waals surface area contributed by atoms with E-state index in [1.54, 1.807) is 0 Å². The van der Waals surface area contributed by atoms with E-state index in [2.05, 4.69) is 21.7 Å². The summed E-state index contributed by atoms with van der Waals surface area (Å²) in [7, 11) is 0. The van der Waals surface area contributed by atoms with Gasteiger partial charge in [0.2, 0.25) is 0 Å². The van der Waals surface area contributed by atoms with E-state index >= 15 is 0 Å². The Morgan fingerprint density at radius 1 is 1.25 bits per heavy atom. The molecule has 1 fully saturated rings. The van der Waals surface area contributed by atoms with Crippen LogP contribution in [0.25, 0.3) is 0 Å². The molecule has 1 aromatic heterocycles. The van der Waals surface area contributed by atoms with Crippen molar-refractivity contribution in [1.29, 1.82) is 0 Å². The first-order valence-corrected chi connectivity index (χ1v) is 6.43. The molecule has 90 valence electrons. The zero-order chi connectivity index (χ0) is 11.4. The Bertz CT molecular complexity index is 326.